The van der Waals surface area contributed by atoms with Crippen LogP contribution in [0.25, 0.3) is 10.2 Å². The number of nitrogens with one attached hydrogen (secondary N) is 1. The summed E-state index contributed by atoms with van der Waals surface area (Å²) in [5.74, 6) is -0.878. The predicted octanol–water partition coefficient (Wildman–Crippen LogP) is 3.30. The molecule has 3 rings (SSSR count). The first-order chi connectivity index (χ1) is 12.9. The van der Waals surface area contributed by atoms with Crippen molar-refractivity contribution in [1.29, 1.82) is 0 Å². The van der Waals surface area contributed by atoms with Crippen LogP contribution in [0.5, 0.6) is 0 Å². The summed E-state index contributed by atoms with van der Waals surface area (Å²) in [6.07, 6.45) is 0. The number of thiocarbonyl (C=S) groups is 1. The van der Waals surface area contributed by atoms with Crippen molar-refractivity contribution in [3.8, 4) is 0 Å². The van der Waals surface area contributed by atoms with Gasteiger partial charge in [0.05, 0.1) is 22.9 Å². The lowest BCUT2D eigenvalue weighted by Gasteiger charge is -2.04. The van der Waals surface area contributed by atoms with E-state index in [-0.39, 0.29) is 5.11 Å². The molecule has 1 N–H and O–H groups in total. The van der Waals surface area contributed by atoms with E-state index >= 15 is 0 Å². The molecule has 0 radical (unpaired) electrons. The van der Waals surface area contributed by atoms with Crippen LogP contribution in [0.3, 0.4) is 0 Å². The Bertz CT molecular complexity index is 1120. The van der Waals surface area contributed by atoms with Crippen LogP contribution < -0.4 is 10.1 Å². The molecule has 27 heavy (non-hydrogen) atoms. The van der Waals surface area contributed by atoms with Gasteiger partial charge in [-0.15, -0.1) is 0 Å². The van der Waals surface area contributed by atoms with Crippen molar-refractivity contribution in [2.24, 2.45) is 12.0 Å². The number of aromatic nitrogens is 1. The van der Waals surface area contributed by atoms with Gasteiger partial charge in [0, 0.05) is 17.6 Å². The third-order valence-electron chi connectivity index (χ3n) is 3.76. The van der Waals surface area contributed by atoms with E-state index < -0.39 is 11.9 Å². The molecule has 3 aromatic rings. The van der Waals surface area contributed by atoms with Gasteiger partial charge in [0.25, 0.3) is 5.91 Å². The average molecular weight is 420 g/mol. The van der Waals surface area contributed by atoms with Crippen LogP contribution in [-0.4, -0.2) is 28.7 Å². The highest BCUT2D eigenvalue weighted by molar-refractivity contribution is 7.80. The lowest BCUT2D eigenvalue weighted by atomic mass is 10.1. The van der Waals surface area contributed by atoms with E-state index in [2.05, 4.69) is 15.0 Å². The molecular formula is C18H14ClN3O3S2. The second-order valence-corrected chi connectivity index (χ2v) is 7.33. The van der Waals surface area contributed by atoms with Crippen LogP contribution in [0.15, 0.2) is 47.5 Å². The van der Waals surface area contributed by atoms with E-state index in [1.165, 1.54) is 42.7 Å². The normalized spacial score (nSPS) is 11.4. The van der Waals surface area contributed by atoms with E-state index in [1.54, 1.807) is 6.07 Å². The zero-order chi connectivity index (χ0) is 19.6. The molecule has 6 nitrogen and oxygen atoms in total. The Kier molecular flexibility index (Phi) is 5.69. The number of carbonyl (C=O) groups is 2. The molecular weight excluding hydrogens is 406 g/mol. The molecule has 1 heterocycles. The van der Waals surface area contributed by atoms with Crippen molar-refractivity contribution < 1.29 is 14.3 Å². The smallest absolute Gasteiger partial charge is 0.337 e. The Morgan fingerprint density at radius 1 is 1.19 bits per heavy atom. The summed E-state index contributed by atoms with van der Waals surface area (Å²) in [6, 6.07) is 11.6. The standard InChI is InChI=1S/C18H14ClN3O3S2/c1-22-13-8-7-12(19)9-14(13)27-18(22)21-17(26)20-15(23)10-3-5-11(6-4-10)16(24)25-2/h3-9H,1-2H3,(H,20,23,26)/b21-18-. The number of carbonyl (C=O) groups excluding carboxylic acids is 2. The molecule has 0 fully saturated rings. The Hall–Kier alpha value is -2.55. The second-order valence-electron chi connectivity index (χ2n) is 5.50. The Morgan fingerprint density at radius 3 is 2.52 bits per heavy atom. The van der Waals surface area contributed by atoms with Crippen molar-refractivity contribution >= 4 is 62.4 Å². The summed E-state index contributed by atoms with van der Waals surface area (Å²) in [6.45, 7) is 0. The highest BCUT2D eigenvalue weighted by Gasteiger charge is 2.11. The molecule has 0 aliphatic rings. The van der Waals surface area contributed by atoms with Gasteiger partial charge in [-0.1, -0.05) is 22.9 Å². The number of amides is 1. The maximum Gasteiger partial charge on any atom is 0.337 e. The molecule has 0 saturated heterocycles. The highest BCUT2D eigenvalue weighted by Crippen LogP contribution is 2.21. The summed E-state index contributed by atoms with van der Waals surface area (Å²) in [7, 11) is 3.16. The lowest BCUT2D eigenvalue weighted by molar-refractivity contribution is 0.0600. The number of halogens is 1. The maximum atomic E-state index is 12.3. The quantitative estimate of drug-likeness (QED) is 0.511. The first-order valence-corrected chi connectivity index (χ1v) is 9.33. The van der Waals surface area contributed by atoms with Crippen molar-refractivity contribution in [1.82, 2.24) is 9.88 Å². The van der Waals surface area contributed by atoms with Crippen molar-refractivity contribution in [3.63, 3.8) is 0 Å². The zero-order valence-corrected chi connectivity index (χ0v) is 16.7. The minimum atomic E-state index is -0.468. The zero-order valence-electron chi connectivity index (χ0n) is 14.4. The highest BCUT2D eigenvalue weighted by atomic mass is 35.5. The molecule has 2 aromatic carbocycles. The summed E-state index contributed by atoms with van der Waals surface area (Å²) in [5.41, 5.74) is 1.68. The molecule has 0 aliphatic heterocycles. The van der Waals surface area contributed by atoms with Crippen LogP contribution in [0, 0.1) is 0 Å². The van der Waals surface area contributed by atoms with Crippen LogP contribution >= 0.6 is 35.2 Å². The SMILES string of the molecule is COC(=O)c1ccc(C(=O)NC(=S)/N=c2\sc3cc(Cl)ccc3n2C)cc1. The van der Waals surface area contributed by atoms with Crippen LogP contribution in [-0.2, 0) is 11.8 Å². The van der Waals surface area contributed by atoms with E-state index in [4.69, 9.17) is 23.8 Å². The van der Waals surface area contributed by atoms with Gasteiger partial charge in [-0.25, -0.2) is 4.79 Å². The molecule has 9 heteroatoms. The largest absolute Gasteiger partial charge is 0.465 e. The van der Waals surface area contributed by atoms with Gasteiger partial charge < -0.3 is 9.30 Å². The van der Waals surface area contributed by atoms with Crippen LogP contribution in [0.1, 0.15) is 20.7 Å². The van der Waals surface area contributed by atoms with Crippen LogP contribution in [0.4, 0.5) is 0 Å². The number of ether oxygens (including phenoxy) is 1. The second kappa shape index (κ2) is 7.99. The number of benzene rings is 2. The topological polar surface area (TPSA) is 72.7 Å². The first kappa shape index (κ1) is 19.2. The number of methoxy groups -OCH3 is 1. The third-order valence-corrected chi connectivity index (χ3v) is 5.28. The summed E-state index contributed by atoms with van der Waals surface area (Å²) < 4.78 is 7.47. The van der Waals surface area contributed by atoms with E-state index in [1.807, 2.05) is 23.7 Å². The van der Waals surface area contributed by atoms with E-state index in [0.29, 0.717) is 21.0 Å². The molecule has 1 amide bonds. The van der Waals surface area contributed by atoms with Crippen molar-refractivity contribution in [2.45, 2.75) is 0 Å². The number of aryl methyl sites for hydroxylation is 1. The van der Waals surface area contributed by atoms with Crippen molar-refractivity contribution in [2.75, 3.05) is 7.11 Å². The monoisotopic (exact) mass is 419 g/mol. The number of fused-ring (bicyclic) bond motifs is 1. The van der Waals surface area contributed by atoms with Gasteiger partial charge in [0.2, 0.25) is 5.11 Å². The summed E-state index contributed by atoms with van der Waals surface area (Å²) in [5, 5.41) is 3.25. The molecule has 0 bridgehead atoms. The third kappa shape index (κ3) is 4.24. The molecule has 138 valence electrons. The van der Waals surface area contributed by atoms with Crippen molar-refractivity contribution in [3.05, 3.63) is 63.4 Å². The van der Waals surface area contributed by atoms with E-state index in [9.17, 15) is 9.59 Å². The molecule has 0 aliphatic carbocycles. The number of hydrogen-bond donors (Lipinski definition) is 1. The lowest BCUT2D eigenvalue weighted by Crippen LogP contribution is -2.29. The van der Waals surface area contributed by atoms with Gasteiger partial charge in [-0.2, -0.15) is 4.99 Å². The number of hydrogen-bond acceptors (Lipinski definition) is 5. The molecule has 0 unspecified atom stereocenters. The Labute approximate surface area is 169 Å². The minimum absolute atomic E-state index is 0.0466. The minimum Gasteiger partial charge on any atom is -0.465 e. The fourth-order valence-corrected chi connectivity index (χ4v) is 3.91. The number of thiazole rings is 1. The number of nitrogens with zero attached hydrogens (tertiary/aromatic N) is 2. The van der Waals surface area contributed by atoms with Gasteiger partial charge in [0.1, 0.15) is 0 Å². The fourth-order valence-electron chi connectivity index (χ4n) is 2.37. The molecule has 1 aromatic heterocycles. The average Bonchev–Trinajstić information content (AvgIpc) is 2.95. The van der Waals surface area contributed by atoms with Gasteiger partial charge >= 0.3 is 5.97 Å². The predicted molar refractivity (Wildman–Crippen MR) is 109 cm³/mol. The van der Waals surface area contributed by atoms with Gasteiger partial charge in [-0.3, -0.25) is 10.1 Å². The van der Waals surface area contributed by atoms with E-state index in [0.717, 1.165) is 10.2 Å². The van der Waals surface area contributed by atoms with Gasteiger partial charge in [0.15, 0.2) is 4.80 Å². The molecule has 0 spiro atoms. The maximum absolute atomic E-state index is 12.3. The Balaban J connectivity index is 1.79. The first-order valence-electron chi connectivity index (χ1n) is 7.72. The molecule has 0 saturated carbocycles. The number of esters is 1. The van der Waals surface area contributed by atoms with Crippen LogP contribution in [0.2, 0.25) is 5.02 Å². The fraction of sp³-hybridized carbons (Fsp3) is 0.111. The summed E-state index contributed by atoms with van der Waals surface area (Å²) >= 11 is 12.6. The molecule has 0 atom stereocenters. The Morgan fingerprint density at radius 2 is 1.85 bits per heavy atom. The summed E-state index contributed by atoms with van der Waals surface area (Å²) in [4.78, 5) is 28.7. The number of rotatable bonds is 2. The van der Waals surface area contributed by atoms with Gasteiger partial charge in [-0.05, 0) is 54.7 Å².